The smallest absolute Gasteiger partial charge is 0.354 e. The molecule has 1 aliphatic rings. The van der Waals surface area contributed by atoms with Gasteiger partial charge >= 0.3 is 5.97 Å². The van der Waals surface area contributed by atoms with Gasteiger partial charge in [0.05, 0.1) is 0 Å². The second kappa shape index (κ2) is 5.36. The molecule has 0 fully saturated rings. The average molecular weight is 282 g/mol. The SMILES string of the molecule is O=C(O)c1cc(C(=O)N2CCc3ccccc3C2)ccn1. The highest BCUT2D eigenvalue weighted by atomic mass is 16.4. The van der Waals surface area contributed by atoms with Crippen LogP contribution in [0.15, 0.2) is 42.6 Å². The largest absolute Gasteiger partial charge is 0.477 e. The molecule has 2 heterocycles. The first-order valence-electron chi connectivity index (χ1n) is 6.70. The molecule has 0 unspecified atom stereocenters. The Morgan fingerprint density at radius 3 is 2.67 bits per heavy atom. The molecule has 1 N–H and O–H groups in total. The summed E-state index contributed by atoms with van der Waals surface area (Å²) >= 11 is 0. The van der Waals surface area contributed by atoms with Crippen molar-refractivity contribution in [2.75, 3.05) is 6.54 Å². The molecule has 5 nitrogen and oxygen atoms in total. The highest BCUT2D eigenvalue weighted by Crippen LogP contribution is 2.20. The van der Waals surface area contributed by atoms with E-state index in [2.05, 4.69) is 11.1 Å². The summed E-state index contributed by atoms with van der Waals surface area (Å²) in [7, 11) is 0. The minimum atomic E-state index is -1.13. The molecular formula is C16H14N2O3. The van der Waals surface area contributed by atoms with E-state index in [1.165, 1.54) is 17.8 Å². The number of fused-ring (bicyclic) bond motifs is 1. The van der Waals surface area contributed by atoms with Gasteiger partial charge in [0.15, 0.2) is 0 Å². The van der Waals surface area contributed by atoms with Crippen molar-refractivity contribution < 1.29 is 14.7 Å². The van der Waals surface area contributed by atoms with Gasteiger partial charge in [-0.3, -0.25) is 4.79 Å². The standard InChI is InChI=1S/C16H14N2O3/c19-15(12-5-7-17-14(9-12)16(20)21)18-8-6-11-3-1-2-4-13(11)10-18/h1-5,7,9H,6,8,10H2,(H,20,21). The maximum Gasteiger partial charge on any atom is 0.354 e. The highest BCUT2D eigenvalue weighted by molar-refractivity contribution is 5.96. The minimum Gasteiger partial charge on any atom is -0.477 e. The van der Waals surface area contributed by atoms with Crippen LogP contribution < -0.4 is 0 Å². The van der Waals surface area contributed by atoms with Gasteiger partial charge in [-0.05, 0) is 29.7 Å². The number of hydrogen-bond acceptors (Lipinski definition) is 3. The summed E-state index contributed by atoms with van der Waals surface area (Å²) in [6, 6.07) is 10.9. The average Bonchev–Trinajstić information content (AvgIpc) is 2.53. The van der Waals surface area contributed by atoms with Crippen LogP contribution in [0.3, 0.4) is 0 Å². The summed E-state index contributed by atoms with van der Waals surface area (Å²) in [5.74, 6) is -1.29. The molecule has 1 aromatic heterocycles. The summed E-state index contributed by atoms with van der Waals surface area (Å²) in [6.45, 7) is 1.19. The van der Waals surface area contributed by atoms with Gasteiger partial charge in [-0.2, -0.15) is 0 Å². The highest BCUT2D eigenvalue weighted by Gasteiger charge is 2.22. The number of amides is 1. The zero-order chi connectivity index (χ0) is 14.8. The summed E-state index contributed by atoms with van der Waals surface area (Å²) in [5.41, 5.74) is 2.66. The van der Waals surface area contributed by atoms with Gasteiger partial charge < -0.3 is 10.0 Å². The van der Waals surface area contributed by atoms with Gasteiger partial charge in [-0.1, -0.05) is 24.3 Å². The lowest BCUT2D eigenvalue weighted by atomic mass is 9.99. The van der Waals surface area contributed by atoms with Crippen LogP contribution in [0, 0.1) is 0 Å². The van der Waals surface area contributed by atoms with Crippen LogP contribution in [-0.4, -0.2) is 33.4 Å². The van der Waals surface area contributed by atoms with Crippen molar-refractivity contribution in [2.24, 2.45) is 0 Å². The van der Waals surface area contributed by atoms with E-state index in [9.17, 15) is 9.59 Å². The summed E-state index contributed by atoms with van der Waals surface area (Å²) in [6.07, 6.45) is 2.17. The number of carbonyl (C=O) groups is 2. The number of carbonyl (C=O) groups excluding carboxylic acids is 1. The van der Waals surface area contributed by atoms with Gasteiger partial charge in [0, 0.05) is 24.8 Å². The fourth-order valence-electron chi connectivity index (χ4n) is 2.53. The molecule has 0 bridgehead atoms. The van der Waals surface area contributed by atoms with Crippen LogP contribution in [0.25, 0.3) is 0 Å². The number of pyridine rings is 1. The first-order chi connectivity index (χ1) is 10.1. The van der Waals surface area contributed by atoms with Crippen molar-refractivity contribution in [1.82, 2.24) is 9.88 Å². The summed E-state index contributed by atoms with van der Waals surface area (Å²) in [4.78, 5) is 28.9. The molecule has 0 aliphatic carbocycles. The third-order valence-electron chi connectivity index (χ3n) is 3.64. The first kappa shape index (κ1) is 13.3. The van der Waals surface area contributed by atoms with E-state index in [0.717, 1.165) is 12.0 Å². The lowest BCUT2D eigenvalue weighted by molar-refractivity contribution is 0.0690. The number of hydrogen-bond donors (Lipinski definition) is 1. The normalized spacial score (nSPS) is 13.6. The summed E-state index contributed by atoms with van der Waals surface area (Å²) in [5, 5.41) is 8.94. The van der Waals surface area contributed by atoms with E-state index < -0.39 is 5.97 Å². The number of nitrogens with zero attached hydrogens (tertiary/aromatic N) is 2. The van der Waals surface area contributed by atoms with Crippen LogP contribution in [0.2, 0.25) is 0 Å². The molecular weight excluding hydrogens is 268 g/mol. The number of carboxylic acids is 1. The number of aromatic nitrogens is 1. The monoisotopic (exact) mass is 282 g/mol. The molecule has 0 saturated carbocycles. The molecule has 3 rings (SSSR count). The van der Waals surface area contributed by atoms with Gasteiger partial charge in [0.2, 0.25) is 0 Å². The Hall–Kier alpha value is -2.69. The lowest BCUT2D eigenvalue weighted by Gasteiger charge is -2.29. The molecule has 1 amide bonds. The fraction of sp³-hybridized carbons (Fsp3) is 0.188. The Morgan fingerprint density at radius 2 is 1.90 bits per heavy atom. The topological polar surface area (TPSA) is 70.5 Å². The van der Waals surface area contributed by atoms with Gasteiger partial charge in [0.25, 0.3) is 5.91 Å². The van der Waals surface area contributed by atoms with Crippen LogP contribution >= 0.6 is 0 Å². The van der Waals surface area contributed by atoms with Crippen molar-refractivity contribution in [2.45, 2.75) is 13.0 Å². The van der Waals surface area contributed by atoms with Gasteiger partial charge in [-0.15, -0.1) is 0 Å². The van der Waals surface area contributed by atoms with Crippen LogP contribution in [-0.2, 0) is 13.0 Å². The molecule has 1 aromatic carbocycles. The van der Waals surface area contributed by atoms with E-state index >= 15 is 0 Å². The quantitative estimate of drug-likeness (QED) is 0.914. The van der Waals surface area contributed by atoms with Crippen LogP contribution in [0.1, 0.15) is 32.0 Å². The van der Waals surface area contributed by atoms with E-state index in [0.29, 0.717) is 18.7 Å². The van der Waals surface area contributed by atoms with E-state index in [4.69, 9.17) is 5.11 Å². The molecule has 106 valence electrons. The van der Waals surface area contributed by atoms with Gasteiger partial charge in [0.1, 0.15) is 5.69 Å². The van der Waals surface area contributed by atoms with E-state index in [1.54, 1.807) is 11.0 Å². The van der Waals surface area contributed by atoms with Crippen molar-refractivity contribution >= 4 is 11.9 Å². The molecule has 1 aliphatic heterocycles. The predicted molar refractivity (Wildman–Crippen MR) is 76.1 cm³/mol. The van der Waals surface area contributed by atoms with Crippen molar-refractivity contribution in [3.8, 4) is 0 Å². The molecule has 0 atom stereocenters. The number of rotatable bonds is 2. The maximum atomic E-state index is 12.5. The van der Waals surface area contributed by atoms with E-state index in [1.807, 2.05) is 18.2 Å². The predicted octanol–water partition coefficient (Wildman–Crippen LogP) is 1.98. The molecule has 5 heteroatoms. The molecule has 0 saturated heterocycles. The Kier molecular flexibility index (Phi) is 3.39. The number of benzene rings is 1. The second-order valence-corrected chi connectivity index (χ2v) is 4.98. The van der Waals surface area contributed by atoms with Crippen molar-refractivity contribution in [3.63, 3.8) is 0 Å². The molecule has 21 heavy (non-hydrogen) atoms. The third-order valence-corrected chi connectivity index (χ3v) is 3.64. The van der Waals surface area contributed by atoms with Crippen LogP contribution in [0.5, 0.6) is 0 Å². The van der Waals surface area contributed by atoms with Crippen LogP contribution in [0.4, 0.5) is 0 Å². The molecule has 2 aromatic rings. The molecule has 0 radical (unpaired) electrons. The first-order valence-corrected chi connectivity index (χ1v) is 6.70. The number of carboxylic acid groups (broad SMARTS) is 1. The maximum absolute atomic E-state index is 12.5. The van der Waals surface area contributed by atoms with Crippen molar-refractivity contribution in [1.29, 1.82) is 0 Å². The zero-order valence-electron chi connectivity index (χ0n) is 11.3. The Labute approximate surface area is 121 Å². The second-order valence-electron chi connectivity index (χ2n) is 4.98. The Morgan fingerprint density at radius 1 is 1.14 bits per heavy atom. The minimum absolute atomic E-state index is 0.113. The van der Waals surface area contributed by atoms with Crippen molar-refractivity contribution in [3.05, 3.63) is 65.0 Å². The third kappa shape index (κ3) is 2.63. The van der Waals surface area contributed by atoms with Gasteiger partial charge in [-0.25, -0.2) is 9.78 Å². The zero-order valence-corrected chi connectivity index (χ0v) is 11.3. The van der Waals surface area contributed by atoms with E-state index in [-0.39, 0.29) is 11.6 Å². The Balaban J connectivity index is 1.84. The fourth-order valence-corrected chi connectivity index (χ4v) is 2.53. The number of aromatic carboxylic acids is 1. The lowest BCUT2D eigenvalue weighted by Crippen LogP contribution is -2.36. The molecule has 0 spiro atoms. The Bertz CT molecular complexity index is 712. The summed E-state index contributed by atoms with van der Waals surface area (Å²) < 4.78 is 0.